The van der Waals surface area contributed by atoms with Crippen LogP contribution in [0, 0.1) is 0 Å². The number of H-pyrrole nitrogens is 1. The molecule has 1 saturated heterocycles. The highest BCUT2D eigenvalue weighted by Crippen LogP contribution is 2.35. The van der Waals surface area contributed by atoms with Gasteiger partial charge in [0.2, 0.25) is 5.91 Å². The molecular formula is C24H28N2O3S. The molecule has 1 aliphatic heterocycles. The molecule has 0 spiro atoms. The summed E-state index contributed by atoms with van der Waals surface area (Å²) in [5.74, 6) is 3.27. The lowest BCUT2D eigenvalue weighted by Crippen LogP contribution is -2.38. The molecule has 2 heterocycles. The Morgan fingerprint density at radius 3 is 2.47 bits per heavy atom. The predicted molar refractivity (Wildman–Crippen MR) is 122 cm³/mol. The van der Waals surface area contributed by atoms with E-state index in [2.05, 4.69) is 23.3 Å². The highest BCUT2D eigenvalue weighted by atomic mass is 32.2. The maximum Gasteiger partial charge on any atom is 0.223 e. The normalized spacial score (nSPS) is 14.8. The van der Waals surface area contributed by atoms with Gasteiger partial charge in [-0.1, -0.05) is 0 Å². The van der Waals surface area contributed by atoms with Gasteiger partial charge >= 0.3 is 0 Å². The average Bonchev–Trinajstić information content (AvgIpc) is 3.22. The first-order chi connectivity index (χ1) is 14.7. The summed E-state index contributed by atoms with van der Waals surface area (Å²) in [6, 6.07) is 14.1. The molecule has 0 radical (unpaired) electrons. The molecular weight excluding hydrogens is 396 g/mol. The van der Waals surface area contributed by atoms with Gasteiger partial charge in [-0.25, -0.2) is 0 Å². The third-order valence-electron chi connectivity index (χ3n) is 5.85. The molecule has 1 N–H and O–H groups in total. The van der Waals surface area contributed by atoms with Crippen LogP contribution >= 0.6 is 11.8 Å². The third-order valence-corrected chi connectivity index (χ3v) is 6.87. The van der Waals surface area contributed by atoms with Crippen molar-refractivity contribution in [1.29, 1.82) is 0 Å². The molecule has 2 aromatic carbocycles. The number of benzene rings is 2. The second-order valence-corrected chi connectivity index (χ2v) is 8.75. The van der Waals surface area contributed by atoms with E-state index in [0.29, 0.717) is 12.3 Å². The summed E-state index contributed by atoms with van der Waals surface area (Å²) in [5, 5.41) is 1.23. The van der Waals surface area contributed by atoms with Crippen molar-refractivity contribution >= 4 is 28.6 Å². The van der Waals surface area contributed by atoms with Gasteiger partial charge in [-0.2, -0.15) is 0 Å². The second-order valence-electron chi connectivity index (χ2n) is 7.58. The average molecular weight is 425 g/mol. The van der Waals surface area contributed by atoms with Crippen molar-refractivity contribution in [2.45, 2.75) is 30.1 Å². The molecule has 30 heavy (non-hydrogen) atoms. The Labute approximate surface area is 181 Å². The number of fused-ring (bicyclic) bond motifs is 1. The number of rotatable bonds is 7. The molecule has 0 unspecified atom stereocenters. The van der Waals surface area contributed by atoms with Crippen LogP contribution in [-0.2, 0) is 4.79 Å². The lowest BCUT2D eigenvalue weighted by atomic mass is 9.89. The number of nitrogens with zero attached hydrogens (tertiary/aromatic N) is 1. The molecule has 158 valence electrons. The quantitative estimate of drug-likeness (QED) is 0.538. The fourth-order valence-corrected chi connectivity index (χ4v) is 4.95. The number of likely N-dealkylation sites (tertiary alicyclic amines) is 1. The highest BCUT2D eigenvalue weighted by molar-refractivity contribution is 7.99. The van der Waals surface area contributed by atoms with Crippen molar-refractivity contribution in [2.75, 3.05) is 33.1 Å². The van der Waals surface area contributed by atoms with Crippen molar-refractivity contribution in [3.8, 4) is 11.5 Å². The summed E-state index contributed by atoms with van der Waals surface area (Å²) >= 11 is 1.72. The number of thioether (sulfide) groups is 1. The minimum Gasteiger partial charge on any atom is -0.497 e. The Bertz CT molecular complexity index is 991. The maximum absolute atomic E-state index is 12.6. The topological polar surface area (TPSA) is 54.6 Å². The number of nitrogens with one attached hydrogen (secondary N) is 1. The van der Waals surface area contributed by atoms with E-state index in [0.717, 1.165) is 53.6 Å². The van der Waals surface area contributed by atoms with E-state index < -0.39 is 0 Å². The zero-order valence-electron chi connectivity index (χ0n) is 17.5. The van der Waals surface area contributed by atoms with E-state index in [-0.39, 0.29) is 5.91 Å². The standard InChI is InChI=1S/C24H28N2O3S/c1-28-18-3-6-20(7-4-18)30-14-11-24(27)26-12-9-17(10-13-26)22-16-25-23-8-5-19(29-2)15-21(22)23/h3-8,15-17,25H,9-14H2,1-2H3. The van der Waals surface area contributed by atoms with Crippen LogP contribution in [0.1, 0.15) is 30.7 Å². The molecule has 0 bridgehead atoms. The molecule has 1 amide bonds. The van der Waals surface area contributed by atoms with Gasteiger partial charge in [0.15, 0.2) is 0 Å². The molecule has 0 atom stereocenters. The summed E-state index contributed by atoms with van der Waals surface area (Å²) in [4.78, 5) is 19.2. The van der Waals surface area contributed by atoms with Crippen molar-refractivity contribution in [3.63, 3.8) is 0 Å². The maximum atomic E-state index is 12.6. The fraction of sp³-hybridized carbons (Fsp3) is 0.375. The van der Waals surface area contributed by atoms with Gasteiger partial charge in [-0.05, 0) is 66.8 Å². The molecule has 0 saturated carbocycles. The van der Waals surface area contributed by atoms with Gasteiger partial charge in [-0.3, -0.25) is 4.79 Å². The SMILES string of the molecule is COc1ccc(SCCC(=O)N2CCC(c3c[nH]c4ccc(OC)cc34)CC2)cc1. The van der Waals surface area contributed by atoms with E-state index in [4.69, 9.17) is 9.47 Å². The minimum atomic E-state index is 0.259. The Morgan fingerprint density at radius 1 is 1.07 bits per heavy atom. The number of carbonyl (C=O) groups excluding carboxylic acids is 1. The van der Waals surface area contributed by atoms with E-state index in [1.807, 2.05) is 35.2 Å². The van der Waals surface area contributed by atoms with Gasteiger partial charge in [-0.15, -0.1) is 11.8 Å². The highest BCUT2D eigenvalue weighted by Gasteiger charge is 2.25. The Hall–Kier alpha value is -2.60. The molecule has 1 fully saturated rings. The van der Waals surface area contributed by atoms with Crippen LogP contribution in [0.5, 0.6) is 11.5 Å². The van der Waals surface area contributed by atoms with Crippen LogP contribution in [0.4, 0.5) is 0 Å². The van der Waals surface area contributed by atoms with E-state index in [1.54, 1.807) is 26.0 Å². The lowest BCUT2D eigenvalue weighted by Gasteiger charge is -2.32. The van der Waals surface area contributed by atoms with E-state index >= 15 is 0 Å². The number of aromatic nitrogens is 1. The summed E-state index contributed by atoms with van der Waals surface area (Å²) in [6.07, 6.45) is 4.70. The zero-order chi connectivity index (χ0) is 20.9. The molecule has 1 aromatic heterocycles. The third kappa shape index (κ3) is 4.59. The van der Waals surface area contributed by atoms with Crippen molar-refractivity contribution in [1.82, 2.24) is 9.88 Å². The number of hydrogen-bond acceptors (Lipinski definition) is 4. The number of carbonyl (C=O) groups is 1. The number of aromatic amines is 1. The molecule has 4 rings (SSSR count). The van der Waals surface area contributed by atoms with Crippen molar-refractivity contribution in [2.24, 2.45) is 0 Å². The molecule has 5 nitrogen and oxygen atoms in total. The molecule has 0 aliphatic carbocycles. The Morgan fingerprint density at radius 2 is 1.77 bits per heavy atom. The van der Waals surface area contributed by atoms with Gasteiger partial charge in [0, 0.05) is 47.3 Å². The number of ether oxygens (including phenoxy) is 2. The first-order valence-electron chi connectivity index (χ1n) is 10.4. The van der Waals surface area contributed by atoms with E-state index in [9.17, 15) is 4.79 Å². The Balaban J connectivity index is 1.28. The zero-order valence-corrected chi connectivity index (χ0v) is 18.3. The molecule has 1 aliphatic rings. The van der Waals surface area contributed by atoms with E-state index in [1.165, 1.54) is 10.9 Å². The number of hydrogen-bond donors (Lipinski definition) is 1. The monoisotopic (exact) mass is 424 g/mol. The summed E-state index contributed by atoms with van der Waals surface area (Å²) in [5.41, 5.74) is 2.48. The summed E-state index contributed by atoms with van der Waals surface area (Å²) in [6.45, 7) is 1.65. The number of piperidine rings is 1. The van der Waals surface area contributed by atoms with Gasteiger partial charge in [0.25, 0.3) is 0 Å². The smallest absolute Gasteiger partial charge is 0.223 e. The van der Waals surface area contributed by atoms with Crippen LogP contribution in [-0.4, -0.2) is 48.9 Å². The van der Waals surface area contributed by atoms with Gasteiger partial charge in [0.05, 0.1) is 14.2 Å². The minimum absolute atomic E-state index is 0.259. The van der Waals surface area contributed by atoms with Crippen LogP contribution in [0.3, 0.4) is 0 Å². The van der Waals surface area contributed by atoms with Gasteiger partial charge in [0.1, 0.15) is 11.5 Å². The predicted octanol–water partition coefficient (Wildman–Crippen LogP) is 5.07. The van der Waals surface area contributed by atoms with Crippen LogP contribution < -0.4 is 9.47 Å². The van der Waals surface area contributed by atoms with Crippen LogP contribution in [0.25, 0.3) is 10.9 Å². The summed E-state index contributed by atoms with van der Waals surface area (Å²) < 4.78 is 10.6. The first kappa shape index (κ1) is 20.7. The molecule has 6 heteroatoms. The Kier molecular flexibility index (Phi) is 6.53. The number of amides is 1. The fourth-order valence-electron chi connectivity index (χ4n) is 4.11. The molecule has 3 aromatic rings. The first-order valence-corrected chi connectivity index (χ1v) is 11.4. The second kappa shape index (κ2) is 9.47. The van der Waals surface area contributed by atoms with Crippen LogP contribution in [0.15, 0.2) is 53.6 Å². The van der Waals surface area contributed by atoms with Crippen LogP contribution in [0.2, 0.25) is 0 Å². The van der Waals surface area contributed by atoms with Crippen molar-refractivity contribution < 1.29 is 14.3 Å². The number of methoxy groups -OCH3 is 2. The van der Waals surface area contributed by atoms with Crippen molar-refractivity contribution in [3.05, 3.63) is 54.2 Å². The van der Waals surface area contributed by atoms with Gasteiger partial charge < -0.3 is 19.4 Å². The summed E-state index contributed by atoms with van der Waals surface area (Å²) in [7, 11) is 3.36. The largest absolute Gasteiger partial charge is 0.497 e. The lowest BCUT2D eigenvalue weighted by molar-refractivity contribution is -0.131.